The van der Waals surface area contributed by atoms with E-state index in [-0.39, 0.29) is 11.9 Å². The van der Waals surface area contributed by atoms with Crippen molar-refractivity contribution in [3.8, 4) is 0 Å². The lowest BCUT2D eigenvalue weighted by atomic mass is 10.2. The number of halogens is 1. The summed E-state index contributed by atoms with van der Waals surface area (Å²) >= 11 is 3.15. The summed E-state index contributed by atoms with van der Waals surface area (Å²) in [7, 11) is 0. The van der Waals surface area contributed by atoms with Crippen molar-refractivity contribution in [1.29, 1.82) is 0 Å². The van der Waals surface area contributed by atoms with Gasteiger partial charge in [-0.25, -0.2) is 4.39 Å². The van der Waals surface area contributed by atoms with Gasteiger partial charge in [0.25, 0.3) is 0 Å². The molecule has 0 saturated heterocycles. The molecule has 0 aliphatic rings. The van der Waals surface area contributed by atoms with Crippen molar-refractivity contribution in [3.05, 3.63) is 52.0 Å². The van der Waals surface area contributed by atoms with Crippen molar-refractivity contribution in [3.63, 3.8) is 0 Å². The molecule has 1 atom stereocenters. The van der Waals surface area contributed by atoms with Crippen LogP contribution in [0.15, 0.2) is 40.6 Å². The van der Waals surface area contributed by atoms with Crippen LogP contribution < -0.4 is 11.3 Å². The molecule has 5 heteroatoms. The van der Waals surface area contributed by atoms with Gasteiger partial charge in [0.05, 0.1) is 6.04 Å². The molecule has 1 heterocycles. The fourth-order valence-electron chi connectivity index (χ4n) is 1.68. The number of benzene rings is 1. The van der Waals surface area contributed by atoms with Gasteiger partial charge >= 0.3 is 0 Å². The first-order valence-electron chi connectivity index (χ1n) is 5.60. The first kappa shape index (κ1) is 13.5. The summed E-state index contributed by atoms with van der Waals surface area (Å²) in [4.78, 5) is 1.87. The first-order chi connectivity index (χ1) is 8.72. The van der Waals surface area contributed by atoms with E-state index in [2.05, 4.69) is 18.4 Å². The summed E-state index contributed by atoms with van der Waals surface area (Å²) in [6.45, 7) is 2.06. The molecule has 2 rings (SSSR count). The molecule has 2 nitrogen and oxygen atoms in total. The summed E-state index contributed by atoms with van der Waals surface area (Å²) in [6.07, 6.45) is 0. The minimum absolute atomic E-state index is 0.0506. The second kappa shape index (κ2) is 6.33. The maximum atomic E-state index is 13.5. The molecule has 0 aliphatic carbocycles. The van der Waals surface area contributed by atoms with E-state index in [1.165, 1.54) is 28.3 Å². The van der Waals surface area contributed by atoms with E-state index < -0.39 is 0 Å². The Morgan fingerprint density at radius 3 is 2.78 bits per heavy atom. The Morgan fingerprint density at radius 1 is 1.39 bits per heavy atom. The summed E-state index contributed by atoms with van der Waals surface area (Å²) in [5.74, 6) is 6.11. The topological polar surface area (TPSA) is 38.0 Å². The highest BCUT2D eigenvalue weighted by atomic mass is 32.2. The Morgan fingerprint density at radius 2 is 2.17 bits per heavy atom. The average molecular weight is 282 g/mol. The lowest BCUT2D eigenvalue weighted by Gasteiger charge is -2.15. The molecule has 0 radical (unpaired) electrons. The standard InChI is InChI=1S/C13H15FN2S2/c1-9-6-7-17-13(9)11(16-15)8-18-12-5-3-2-4-10(12)14/h2-7,11,16H,8,15H2,1H3. The van der Waals surface area contributed by atoms with Crippen LogP contribution in [0.2, 0.25) is 0 Å². The van der Waals surface area contributed by atoms with E-state index in [1.807, 2.05) is 11.4 Å². The van der Waals surface area contributed by atoms with Crippen molar-refractivity contribution in [2.45, 2.75) is 17.9 Å². The van der Waals surface area contributed by atoms with E-state index in [4.69, 9.17) is 5.84 Å². The highest BCUT2D eigenvalue weighted by Crippen LogP contribution is 2.30. The van der Waals surface area contributed by atoms with Crippen molar-refractivity contribution in [1.82, 2.24) is 5.43 Å². The van der Waals surface area contributed by atoms with Gasteiger partial charge in [0, 0.05) is 15.5 Å². The van der Waals surface area contributed by atoms with Gasteiger partial charge in [-0.15, -0.1) is 23.1 Å². The fourth-order valence-corrected chi connectivity index (χ4v) is 3.76. The third kappa shape index (κ3) is 3.11. The lowest BCUT2D eigenvalue weighted by Crippen LogP contribution is -2.29. The number of thiophene rings is 1. The van der Waals surface area contributed by atoms with Gasteiger partial charge in [-0.3, -0.25) is 11.3 Å². The predicted octanol–water partition coefficient (Wildman–Crippen LogP) is 3.49. The third-order valence-corrected chi connectivity index (χ3v) is 4.94. The molecule has 96 valence electrons. The van der Waals surface area contributed by atoms with Gasteiger partial charge in [0.15, 0.2) is 0 Å². The predicted molar refractivity (Wildman–Crippen MR) is 76.2 cm³/mol. The van der Waals surface area contributed by atoms with Crippen molar-refractivity contribution in [2.75, 3.05) is 5.75 Å². The van der Waals surface area contributed by atoms with Crippen LogP contribution in [0.4, 0.5) is 4.39 Å². The van der Waals surface area contributed by atoms with E-state index in [0.29, 0.717) is 10.6 Å². The quantitative estimate of drug-likeness (QED) is 0.501. The van der Waals surface area contributed by atoms with Crippen LogP contribution in [0.1, 0.15) is 16.5 Å². The normalized spacial score (nSPS) is 12.6. The molecule has 2 aromatic rings. The van der Waals surface area contributed by atoms with Gasteiger partial charge in [0.2, 0.25) is 0 Å². The number of aryl methyl sites for hydroxylation is 1. The van der Waals surface area contributed by atoms with E-state index in [0.717, 1.165) is 0 Å². The Kier molecular flexibility index (Phi) is 4.77. The Bertz CT molecular complexity index is 513. The fraction of sp³-hybridized carbons (Fsp3) is 0.231. The van der Waals surface area contributed by atoms with Crippen LogP contribution in [-0.4, -0.2) is 5.75 Å². The molecule has 1 aromatic carbocycles. The maximum absolute atomic E-state index is 13.5. The minimum Gasteiger partial charge on any atom is -0.271 e. The van der Waals surface area contributed by atoms with Crippen LogP contribution in [0.5, 0.6) is 0 Å². The van der Waals surface area contributed by atoms with E-state index >= 15 is 0 Å². The van der Waals surface area contributed by atoms with Crippen LogP contribution in [0.25, 0.3) is 0 Å². The molecule has 3 N–H and O–H groups in total. The monoisotopic (exact) mass is 282 g/mol. The smallest absolute Gasteiger partial charge is 0.136 e. The minimum atomic E-state index is -0.179. The molecular formula is C13H15FN2S2. The third-order valence-electron chi connectivity index (χ3n) is 2.66. The number of hydrogen-bond donors (Lipinski definition) is 2. The Balaban J connectivity index is 2.05. The summed E-state index contributed by atoms with van der Waals surface area (Å²) < 4.78 is 13.5. The van der Waals surface area contributed by atoms with Crippen LogP contribution in [-0.2, 0) is 0 Å². The van der Waals surface area contributed by atoms with Crippen LogP contribution in [0.3, 0.4) is 0 Å². The average Bonchev–Trinajstić information content (AvgIpc) is 2.79. The second-order valence-electron chi connectivity index (χ2n) is 3.93. The molecular weight excluding hydrogens is 267 g/mol. The van der Waals surface area contributed by atoms with Gasteiger partial charge in [0.1, 0.15) is 5.82 Å². The van der Waals surface area contributed by atoms with Gasteiger partial charge in [-0.2, -0.15) is 0 Å². The zero-order valence-corrected chi connectivity index (χ0v) is 11.7. The van der Waals surface area contributed by atoms with E-state index in [1.54, 1.807) is 23.5 Å². The number of thioether (sulfide) groups is 1. The molecule has 1 aromatic heterocycles. The highest BCUT2D eigenvalue weighted by Gasteiger charge is 2.14. The molecule has 18 heavy (non-hydrogen) atoms. The summed E-state index contributed by atoms with van der Waals surface area (Å²) in [5, 5.41) is 2.04. The largest absolute Gasteiger partial charge is 0.271 e. The molecule has 0 spiro atoms. The number of hydrogen-bond acceptors (Lipinski definition) is 4. The number of nitrogens with one attached hydrogen (secondary N) is 1. The van der Waals surface area contributed by atoms with Gasteiger partial charge in [-0.1, -0.05) is 12.1 Å². The molecule has 0 aliphatic heterocycles. The van der Waals surface area contributed by atoms with Gasteiger partial charge < -0.3 is 0 Å². The maximum Gasteiger partial charge on any atom is 0.136 e. The SMILES string of the molecule is Cc1ccsc1C(CSc1ccccc1F)NN. The van der Waals surface area contributed by atoms with Crippen molar-refractivity contribution >= 4 is 23.1 Å². The number of hydrazine groups is 1. The Labute approximate surface area is 114 Å². The first-order valence-corrected chi connectivity index (χ1v) is 7.46. The van der Waals surface area contributed by atoms with Crippen LogP contribution >= 0.6 is 23.1 Å². The molecule has 0 bridgehead atoms. The zero-order valence-electron chi connectivity index (χ0n) is 10.0. The number of rotatable bonds is 5. The summed E-state index contributed by atoms with van der Waals surface area (Å²) in [5.41, 5.74) is 4.02. The number of nitrogens with two attached hydrogens (primary N) is 1. The van der Waals surface area contributed by atoms with E-state index in [9.17, 15) is 4.39 Å². The molecule has 0 saturated carbocycles. The highest BCUT2D eigenvalue weighted by molar-refractivity contribution is 7.99. The van der Waals surface area contributed by atoms with Gasteiger partial charge in [-0.05, 0) is 36.1 Å². The van der Waals surface area contributed by atoms with Crippen molar-refractivity contribution < 1.29 is 4.39 Å². The lowest BCUT2D eigenvalue weighted by molar-refractivity contribution is 0.598. The second-order valence-corrected chi connectivity index (χ2v) is 5.94. The molecule has 0 fully saturated rings. The van der Waals surface area contributed by atoms with Crippen LogP contribution in [0, 0.1) is 12.7 Å². The zero-order chi connectivity index (χ0) is 13.0. The summed E-state index contributed by atoms with van der Waals surface area (Å²) in [6, 6.07) is 8.92. The Hall–Kier alpha value is -0.880. The van der Waals surface area contributed by atoms with Crippen molar-refractivity contribution in [2.24, 2.45) is 5.84 Å². The molecule has 0 amide bonds. The molecule has 1 unspecified atom stereocenters.